The number of aromatic nitrogens is 2. The van der Waals surface area contributed by atoms with Gasteiger partial charge in [-0.3, -0.25) is 43.2 Å². The zero-order valence-corrected chi connectivity index (χ0v) is 33.8. The van der Waals surface area contributed by atoms with Gasteiger partial charge in [0.25, 0.3) is 0 Å². The summed E-state index contributed by atoms with van der Waals surface area (Å²) in [5, 5.41) is 5.79. The van der Waals surface area contributed by atoms with E-state index in [2.05, 4.69) is 10.6 Å². The van der Waals surface area contributed by atoms with E-state index < -0.39 is 36.0 Å². The second-order valence-corrected chi connectivity index (χ2v) is 16.0. The van der Waals surface area contributed by atoms with Gasteiger partial charge in [-0.05, 0) is 87.1 Å². The molecule has 0 saturated carbocycles. The van der Waals surface area contributed by atoms with E-state index in [1.54, 1.807) is 27.5 Å². The number of piperidine rings is 1. The predicted octanol–water partition coefficient (Wildman–Crippen LogP) is 1.99. The van der Waals surface area contributed by atoms with Gasteiger partial charge >= 0.3 is 5.69 Å². The lowest BCUT2D eigenvalue weighted by atomic mass is 10.0. The Morgan fingerprint density at radius 2 is 1.78 bits per heavy atom. The molecule has 58 heavy (non-hydrogen) atoms. The molecule has 6 N–H and O–H groups in total. The van der Waals surface area contributed by atoms with Crippen LogP contribution in [0.2, 0.25) is 5.02 Å². The number of imide groups is 1. The van der Waals surface area contributed by atoms with Crippen molar-refractivity contribution in [1.82, 2.24) is 29.6 Å². The number of hydrogen-bond donors (Lipinski definition) is 4. The lowest BCUT2D eigenvalue weighted by Crippen LogP contribution is -2.59. The smallest absolute Gasteiger partial charge is 0.329 e. The number of rotatable bonds is 15. The minimum absolute atomic E-state index is 0.0187. The lowest BCUT2D eigenvalue weighted by molar-refractivity contribution is -0.144. The van der Waals surface area contributed by atoms with E-state index in [0.717, 1.165) is 42.3 Å². The molecule has 1 aromatic heterocycles. The van der Waals surface area contributed by atoms with Gasteiger partial charge in [-0.2, -0.15) is 0 Å². The van der Waals surface area contributed by atoms with Crippen LogP contribution in [0.3, 0.4) is 0 Å². The Hall–Kier alpha value is -5.22. The van der Waals surface area contributed by atoms with Gasteiger partial charge in [0.2, 0.25) is 35.4 Å². The molecule has 3 saturated heterocycles. The number of benzene rings is 2. The molecule has 312 valence electrons. The van der Waals surface area contributed by atoms with E-state index in [1.807, 2.05) is 30.3 Å². The maximum atomic E-state index is 13.7. The molecule has 16 nitrogen and oxygen atoms in total. The molecule has 3 aliphatic heterocycles. The maximum Gasteiger partial charge on any atom is 0.329 e. The highest BCUT2D eigenvalue weighted by Crippen LogP contribution is 2.32. The molecule has 3 fully saturated rings. The van der Waals surface area contributed by atoms with Crippen molar-refractivity contribution in [3.8, 4) is 5.75 Å². The molecule has 5 atom stereocenters. The molecule has 0 spiro atoms. The number of aryl methyl sites for hydroxylation is 3. The topological polar surface area (TPSA) is 221 Å². The minimum Gasteiger partial charge on any atom is -0.490 e. The Morgan fingerprint density at radius 3 is 2.52 bits per heavy atom. The van der Waals surface area contributed by atoms with Gasteiger partial charge in [-0.1, -0.05) is 36.2 Å². The van der Waals surface area contributed by atoms with Gasteiger partial charge < -0.3 is 31.3 Å². The standard InChI is InChI=1S/C41H53ClN8O8/c1-24(51)48-20-19-28-13-15-31(49(28)40(56)29(43)22-48)38(54)45-27(12-17-35(44)52)23-58-34-10-6-9-26(37(34)42)8-5-3-4-7-25-11-14-30-33(21-25)47(2)41(57)50(30)32-16-18-36(53)46-39(32)55/h6,9-11,14,21,27-29,31-32H,3-5,7-8,12-13,15-20,22-23,43H2,1-2H3,(H2,44,52)(H,45,54)(H,46,53,55)/t27?,28-,29+,31+,32?/m1/s1. The number of ether oxygens (including phenoxy) is 1. The van der Waals surface area contributed by atoms with Crippen LogP contribution in [0.5, 0.6) is 5.75 Å². The number of imidazole rings is 1. The third-order valence-electron chi connectivity index (χ3n) is 11.6. The van der Waals surface area contributed by atoms with E-state index in [0.29, 0.717) is 48.5 Å². The summed E-state index contributed by atoms with van der Waals surface area (Å²) in [6.45, 7) is 2.02. The summed E-state index contributed by atoms with van der Waals surface area (Å²) >= 11 is 6.82. The summed E-state index contributed by atoms with van der Waals surface area (Å²) in [6.07, 6.45) is 6.49. The molecule has 0 bridgehead atoms. The maximum absolute atomic E-state index is 13.7. The van der Waals surface area contributed by atoms with Gasteiger partial charge in [0.05, 0.1) is 22.1 Å². The number of hydrogen-bond acceptors (Lipinski definition) is 9. The molecule has 17 heteroatoms. The largest absolute Gasteiger partial charge is 0.490 e. The van der Waals surface area contributed by atoms with Gasteiger partial charge in [-0.15, -0.1) is 0 Å². The second-order valence-electron chi connectivity index (χ2n) is 15.7. The first-order chi connectivity index (χ1) is 27.7. The molecule has 2 aromatic carbocycles. The van der Waals surface area contributed by atoms with Crippen molar-refractivity contribution >= 4 is 58.1 Å². The SMILES string of the molecule is CC(=O)N1CC[C@H]2CC[C@@H](C(=O)NC(CCC(N)=O)COc3cccc(CCCCCc4ccc5c(c4)n(C)c(=O)n5C4CCC(=O)NC4=O)c3Cl)N2C(=O)[C@@H](N)C1. The number of nitrogens with zero attached hydrogens (tertiary/aromatic N) is 4. The Bertz CT molecular complexity index is 2130. The summed E-state index contributed by atoms with van der Waals surface area (Å²) in [6, 6.07) is 8.16. The molecule has 6 amide bonds. The predicted molar refractivity (Wildman–Crippen MR) is 216 cm³/mol. The average Bonchev–Trinajstić information content (AvgIpc) is 3.71. The first-order valence-corrected chi connectivity index (χ1v) is 20.5. The summed E-state index contributed by atoms with van der Waals surface area (Å²) < 4.78 is 9.16. The highest BCUT2D eigenvalue weighted by Gasteiger charge is 2.44. The lowest BCUT2D eigenvalue weighted by Gasteiger charge is -2.37. The van der Waals surface area contributed by atoms with Crippen LogP contribution in [0.4, 0.5) is 0 Å². The second kappa shape index (κ2) is 18.6. The number of unbranched alkanes of at least 4 members (excludes halogenated alkanes) is 2. The van der Waals surface area contributed by atoms with E-state index in [1.165, 1.54) is 11.5 Å². The quantitative estimate of drug-likeness (QED) is 0.130. The number of carbonyl (C=O) groups excluding carboxylic acids is 6. The Labute approximate surface area is 341 Å². The van der Waals surface area contributed by atoms with Crippen LogP contribution in [0.15, 0.2) is 41.2 Å². The highest BCUT2D eigenvalue weighted by atomic mass is 35.5. The van der Waals surface area contributed by atoms with E-state index in [-0.39, 0.29) is 74.2 Å². The molecule has 4 heterocycles. The van der Waals surface area contributed by atoms with Crippen LogP contribution >= 0.6 is 11.6 Å². The number of amides is 6. The highest BCUT2D eigenvalue weighted by molar-refractivity contribution is 6.32. The number of fused-ring (bicyclic) bond motifs is 2. The zero-order chi connectivity index (χ0) is 41.7. The van der Waals surface area contributed by atoms with E-state index in [9.17, 15) is 33.6 Å². The van der Waals surface area contributed by atoms with Crippen molar-refractivity contribution in [2.45, 2.75) is 114 Å². The fraction of sp³-hybridized carbons (Fsp3) is 0.537. The molecule has 3 aromatic rings. The molecule has 0 aliphatic carbocycles. The van der Waals surface area contributed by atoms with E-state index in [4.69, 9.17) is 27.8 Å². The number of halogens is 1. The molecule has 0 radical (unpaired) electrons. The monoisotopic (exact) mass is 820 g/mol. The number of carbonyl (C=O) groups is 6. The third-order valence-corrected chi connectivity index (χ3v) is 12.1. The summed E-state index contributed by atoms with van der Waals surface area (Å²) in [4.78, 5) is 91.3. The van der Waals surface area contributed by atoms with Crippen LogP contribution in [-0.2, 0) is 48.7 Å². The Morgan fingerprint density at radius 1 is 1.00 bits per heavy atom. The van der Waals surface area contributed by atoms with Gasteiger partial charge in [0.15, 0.2) is 0 Å². The molecular weight excluding hydrogens is 768 g/mol. The van der Waals surface area contributed by atoms with Crippen molar-refractivity contribution in [3.63, 3.8) is 0 Å². The number of primary amides is 1. The molecule has 6 rings (SSSR count). The van der Waals surface area contributed by atoms with Gasteiger partial charge in [0, 0.05) is 45.9 Å². The van der Waals surface area contributed by atoms with Gasteiger partial charge in [-0.25, -0.2) is 4.79 Å². The van der Waals surface area contributed by atoms with Crippen molar-refractivity contribution in [1.29, 1.82) is 0 Å². The Balaban J connectivity index is 1.02. The van der Waals surface area contributed by atoms with E-state index >= 15 is 0 Å². The van der Waals surface area contributed by atoms with Crippen molar-refractivity contribution in [2.75, 3.05) is 19.7 Å². The van der Waals surface area contributed by atoms with Crippen LogP contribution in [0, 0.1) is 0 Å². The van der Waals surface area contributed by atoms with Crippen LogP contribution < -0.4 is 32.5 Å². The van der Waals surface area contributed by atoms with Crippen LogP contribution in [-0.4, -0.2) is 98.2 Å². The summed E-state index contributed by atoms with van der Waals surface area (Å²) in [7, 11) is 1.68. The normalized spacial score (nSPS) is 21.6. The third kappa shape index (κ3) is 9.55. The van der Waals surface area contributed by atoms with Crippen molar-refractivity contribution in [3.05, 3.63) is 63.0 Å². The zero-order valence-electron chi connectivity index (χ0n) is 33.0. The molecular formula is C41H53ClN8O8. The number of nitrogens with two attached hydrogens (primary N) is 2. The van der Waals surface area contributed by atoms with Crippen LogP contribution in [0.1, 0.15) is 88.3 Å². The fourth-order valence-electron chi connectivity index (χ4n) is 8.42. The minimum atomic E-state index is -0.940. The average molecular weight is 821 g/mol. The first-order valence-electron chi connectivity index (χ1n) is 20.1. The fourth-order valence-corrected chi connectivity index (χ4v) is 8.70. The molecule has 3 aliphatic rings. The van der Waals surface area contributed by atoms with Crippen LogP contribution in [0.25, 0.3) is 11.0 Å². The summed E-state index contributed by atoms with van der Waals surface area (Å²) in [5.74, 6) is -1.73. The van der Waals surface area contributed by atoms with Gasteiger partial charge in [0.1, 0.15) is 30.5 Å². The number of nitrogens with one attached hydrogen (secondary N) is 2. The van der Waals surface area contributed by atoms with Crippen molar-refractivity contribution < 1.29 is 33.5 Å². The summed E-state index contributed by atoms with van der Waals surface area (Å²) in [5.41, 5.74) is 14.7. The Kier molecular flexibility index (Phi) is 13.6. The first kappa shape index (κ1) is 42.4. The van der Waals surface area contributed by atoms with Crippen molar-refractivity contribution in [2.24, 2.45) is 18.5 Å². The molecule has 2 unspecified atom stereocenters.